The molecule has 0 aliphatic carbocycles. The second-order valence-electron chi connectivity index (χ2n) is 11.1. The fourth-order valence-corrected chi connectivity index (χ4v) is 6.14. The van der Waals surface area contributed by atoms with Gasteiger partial charge in [-0.3, -0.25) is 19.8 Å². The zero-order chi connectivity index (χ0) is 33.7. The maximum absolute atomic E-state index is 13.5. The highest BCUT2D eigenvalue weighted by Gasteiger charge is 2.34. The highest BCUT2D eigenvalue weighted by molar-refractivity contribution is 7.13. The van der Waals surface area contributed by atoms with E-state index in [1.54, 1.807) is 23.6 Å². The van der Waals surface area contributed by atoms with Gasteiger partial charge in [0.2, 0.25) is 5.43 Å². The number of urea groups is 1. The molecule has 47 heavy (non-hydrogen) atoms. The number of alkyl halides is 3. The van der Waals surface area contributed by atoms with Gasteiger partial charge in [0.15, 0.2) is 5.69 Å². The first-order chi connectivity index (χ1) is 22.5. The molecule has 4 N–H and O–H groups in total. The molecule has 0 bridgehead atoms. The van der Waals surface area contributed by atoms with Crippen molar-refractivity contribution in [2.45, 2.75) is 19.6 Å². The number of halogens is 3. The van der Waals surface area contributed by atoms with Gasteiger partial charge in [-0.05, 0) is 37.7 Å². The minimum absolute atomic E-state index is 0.0464. The van der Waals surface area contributed by atoms with Gasteiger partial charge in [-0.2, -0.15) is 13.2 Å². The predicted octanol–water partition coefficient (Wildman–Crippen LogP) is 3.32. The molecule has 16 heteroatoms. The van der Waals surface area contributed by atoms with E-state index in [4.69, 9.17) is 0 Å². The zero-order valence-electron chi connectivity index (χ0n) is 25.9. The number of nitrogens with one attached hydrogen (secondary N) is 3. The van der Waals surface area contributed by atoms with Crippen molar-refractivity contribution in [1.82, 2.24) is 35.0 Å². The molecule has 3 aromatic heterocycles. The lowest BCUT2D eigenvalue weighted by atomic mass is 9.99. The van der Waals surface area contributed by atoms with E-state index in [9.17, 15) is 32.7 Å². The van der Waals surface area contributed by atoms with Gasteiger partial charge in [0, 0.05) is 86.6 Å². The molecule has 12 nitrogen and oxygen atoms in total. The van der Waals surface area contributed by atoms with E-state index >= 15 is 0 Å². The number of carbonyl (C=O) groups is 2. The van der Waals surface area contributed by atoms with E-state index in [0.717, 1.165) is 42.9 Å². The van der Waals surface area contributed by atoms with Crippen LogP contribution in [0.15, 0.2) is 46.8 Å². The number of carbonyl (C=O) groups excluding carboxylic acids is 2. The minimum Gasteiger partial charge on any atom is -0.395 e. The van der Waals surface area contributed by atoms with Gasteiger partial charge in [0.25, 0.3) is 5.91 Å². The van der Waals surface area contributed by atoms with Gasteiger partial charge in [-0.15, -0.1) is 11.3 Å². The van der Waals surface area contributed by atoms with Crippen LogP contribution in [0.2, 0.25) is 0 Å². The van der Waals surface area contributed by atoms with Crippen molar-refractivity contribution in [3.8, 4) is 21.7 Å². The molecular weight excluding hydrogens is 637 g/mol. The summed E-state index contributed by atoms with van der Waals surface area (Å²) in [4.78, 5) is 51.4. The van der Waals surface area contributed by atoms with Crippen molar-refractivity contribution < 1.29 is 27.9 Å². The molecule has 0 unspecified atom stereocenters. The number of nitrogens with zero attached hydrogens (tertiary/aromatic N) is 5. The van der Waals surface area contributed by atoms with E-state index in [2.05, 4.69) is 42.8 Å². The van der Waals surface area contributed by atoms with Crippen molar-refractivity contribution in [2.75, 3.05) is 64.8 Å². The largest absolute Gasteiger partial charge is 0.434 e. The summed E-state index contributed by atoms with van der Waals surface area (Å²) >= 11 is 0.789. The topological polar surface area (TPSA) is 145 Å². The van der Waals surface area contributed by atoms with Gasteiger partial charge in [0.05, 0.1) is 12.1 Å². The average molecular weight is 673 g/mol. The molecule has 0 saturated carbocycles. The smallest absolute Gasteiger partial charge is 0.395 e. The molecule has 4 aromatic rings. The van der Waals surface area contributed by atoms with Crippen LogP contribution in [0.3, 0.4) is 0 Å². The van der Waals surface area contributed by atoms with Gasteiger partial charge >= 0.3 is 12.2 Å². The van der Waals surface area contributed by atoms with Crippen molar-refractivity contribution in [2.24, 2.45) is 0 Å². The third kappa shape index (κ3) is 7.96. The number of aliphatic hydroxyl groups is 1. The summed E-state index contributed by atoms with van der Waals surface area (Å²) in [7, 11) is 2.06. The number of hydrogen-bond acceptors (Lipinski definition) is 9. The number of anilines is 1. The zero-order valence-corrected chi connectivity index (χ0v) is 26.7. The Balaban J connectivity index is 1.50. The Kier molecular flexibility index (Phi) is 10.5. The van der Waals surface area contributed by atoms with E-state index in [1.165, 1.54) is 24.5 Å². The number of amides is 3. The van der Waals surface area contributed by atoms with Crippen molar-refractivity contribution in [1.29, 1.82) is 0 Å². The summed E-state index contributed by atoms with van der Waals surface area (Å²) in [5.41, 5.74) is -0.0488. The Morgan fingerprint density at radius 1 is 1.06 bits per heavy atom. The Labute approximate surface area is 272 Å². The molecular formula is C31H35F3N8O4S. The van der Waals surface area contributed by atoms with Crippen molar-refractivity contribution in [3.63, 3.8) is 0 Å². The quantitative estimate of drug-likeness (QED) is 0.201. The van der Waals surface area contributed by atoms with Crippen molar-refractivity contribution >= 4 is 40.0 Å². The third-order valence-corrected chi connectivity index (χ3v) is 8.67. The number of pyridine rings is 2. The van der Waals surface area contributed by atoms with Gasteiger partial charge in [-0.1, -0.05) is 6.07 Å². The molecule has 0 atom stereocenters. The molecule has 250 valence electrons. The van der Waals surface area contributed by atoms with E-state index in [1.807, 2.05) is 0 Å². The molecule has 3 amide bonds. The normalized spacial score (nSPS) is 14.3. The number of aliphatic hydroxyl groups excluding tert-OH is 1. The maximum Gasteiger partial charge on any atom is 0.434 e. The number of likely N-dealkylation sites (N-methyl/N-ethyl adjacent to an activating group) is 1. The monoisotopic (exact) mass is 672 g/mol. The molecule has 1 aliphatic rings. The van der Waals surface area contributed by atoms with Crippen molar-refractivity contribution in [3.05, 3.63) is 63.5 Å². The fourth-order valence-electron chi connectivity index (χ4n) is 5.29. The number of piperazine rings is 1. The van der Waals surface area contributed by atoms with E-state index < -0.39 is 29.2 Å². The molecule has 1 aliphatic heterocycles. The van der Waals surface area contributed by atoms with Crippen LogP contribution in [0.25, 0.3) is 32.6 Å². The third-order valence-electron chi connectivity index (χ3n) is 7.80. The van der Waals surface area contributed by atoms with Crippen LogP contribution in [-0.4, -0.2) is 101 Å². The summed E-state index contributed by atoms with van der Waals surface area (Å²) in [6.07, 6.45) is -1.84. The van der Waals surface area contributed by atoms with E-state index in [-0.39, 0.29) is 40.5 Å². The molecule has 4 heterocycles. The van der Waals surface area contributed by atoms with Gasteiger partial charge in [-0.25, -0.2) is 14.8 Å². The fraction of sp³-hybridized carbons (Fsp3) is 0.387. The Bertz CT molecular complexity index is 1820. The minimum atomic E-state index is -4.65. The van der Waals surface area contributed by atoms with Crippen LogP contribution in [0.1, 0.15) is 23.0 Å². The standard InChI is InChI=1S/C31H35F3N8O4S/c1-3-35-30(46)39-26-15-21(29-38-25(18-47-29)31(32,33)34)22(16-37-26)19-4-5-20-24(14-19)42(12-13-43)17-23(27(20)44)28(45)36-6-7-41-10-8-40(2)9-11-41/h4-5,14-18,43H,3,6-13H2,1-2H3,(H,36,45)(H2,35,37,39,46). The second kappa shape index (κ2) is 14.6. The summed E-state index contributed by atoms with van der Waals surface area (Å²) in [5, 5.41) is 19.0. The first-order valence-electron chi connectivity index (χ1n) is 15.0. The highest BCUT2D eigenvalue weighted by atomic mass is 32.1. The summed E-state index contributed by atoms with van der Waals surface area (Å²) in [6, 6.07) is 5.70. The second-order valence-corrected chi connectivity index (χ2v) is 11.9. The lowest BCUT2D eigenvalue weighted by Gasteiger charge is -2.32. The van der Waals surface area contributed by atoms with Crippen LogP contribution in [0.5, 0.6) is 0 Å². The van der Waals surface area contributed by atoms with Crippen LogP contribution < -0.4 is 21.4 Å². The first-order valence-corrected chi connectivity index (χ1v) is 15.9. The maximum atomic E-state index is 13.5. The first kappa shape index (κ1) is 34.0. The summed E-state index contributed by atoms with van der Waals surface area (Å²) in [5.74, 6) is -0.424. The average Bonchev–Trinajstić information content (AvgIpc) is 3.55. The Morgan fingerprint density at radius 3 is 2.51 bits per heavy atom. The number of fused-ring (bicyclic) bond motifs is 1. The number of aromatic nitrogens is 3. The number of hydrogen-bond donors (Lipinski definition) is 4. The lowest BCUT2D eigenvalue weighted by molar-refractivity contribution is -0.140. The van der Waals surface area contributed by atoms with Gasteiger partial charge in [0.1, 0.15) is 16.4 Å². The lowest BCUT2D eigenvalue weighted by Crippen LogP contribution is -2.47. The molecule has 0 spiro atoms. The molecule has 1 saturated heterocycles. The number of benzene rings is 1. The number of thiazole rings is 1. The van der Waals surface area contributed by atoms with Crippen LogP contribution in [-0.2, 0) is 12.7 Å². The van der Waals surface area contributed by atoms with Crippen LogP contribution in [0, 0.1) is 0 Å². The van der Waals surface area contributed by atoms with Crippen LogP contribution in [0.4, 0.5) is 23.8 Å². The highest BCUT2D eigenvalue weighted by Crippen LogP contribution is 2.39. The summed E-state index contributed by atoms with van der Waals surface area (Å²) in [6.45, 7) is 6.57. The van der Waals surface area contributed by atoms with Gasteiger partial charge < -0.3 is 25.2 Å². The Morgan fingerprint density at radius 2 is 1.83 bits per heavy atom. The molecule has 1 fully saturated rings. The Hall–Kier alpha value is -4.38. The predicted molar refractivity (Wildman–Crippen MR) is 174 cm³/mol. The molecule has 0 radical (unpaired) electrons. The molecule has 1 aromatic carbocycles. The SMILES string of the molecule is CCNC(=O)Nc1cc(-c2nc(C(F)(F)F)cs2)c(-c2ccc3c(=O)c(C(=O)NCCN4CCN(C)CC4)cn(CCO)c3c2)cn1. The van der Waals surface area contributed by atoms with Crippen LogP contribution >= 0.6 is 11.3 Å². The van der Waals surface area contributed by atoms with E-state index in [0.29, 0.717) is 36.3 Å². The summed E-state index contributed by atoms with van der Waals surface area (Å²) < 4.78 is 41.9. The molecule has 5 rings (SSSR count). The number of rotatable bonds is 10.